The largest absolute Gasteiger partial charge is 0.300 e. The van der Waals surface area contributed by atoms with E-state index in [1.807, 2.05) is 32.2 Å². The van der Waals surface area contributed by atoms with Crippen LogP contribution < -0.4 is 10.6 Å². The van der Waals surface area contributed by atoms with E-state index in [2.05, 4.69) is 35.8 Å². The zero-order valence-corrected chi connectivity index (χ0v) is 16.9. The van der Waals surface area contributed by atoms with Gasteiger partial charge in [0.25, 0.3) is 0 Å². The topological polar surface area (TPSA) is 106 Å². The van der Waals surface area contributed by atoms with Gasteiger partial charge in [0.15, 0.2) is 9.47 Å². The fraction of sp³-hybridized carbons (Fsp3) is 0.333. The van der Waals surface area contributed by atoms with E-state index in [-0.39, 0.29) is 12.3 Å². The molecule has 3 heterocycles. The number of nitrogens with one attached hydrogen (secondary N) is 2. The van der Waals surface area contributed by atoms with Crippen LogP contribution in [0.4, 0.5) is 16.2 Å². The molecule has 0 bridgehead atoms. The first-order chi connectivity index (χ1) is 12.5. The SMILES string of the molecule is CCSc1nnc(NC(=O)Cc2csc(Nc3nc(C)cc(C)n3)n2)s1. The number of anilines is 3. The van der Waals surface area contributed by atoms with Crippen LogP contribution in [-0.4, -0.2) is 36.8 Å². The highest BCUT2D eigenvalue weighted by atomic mass is 32.2. The molecule has 3 aromatic heterocycles. The van der Waals surface area contributed by atoms with Crippen LogP contribution in [0, 0.1) is 13.8 Å². The fourth-order valence-corrected chi connectivity index (χ4v) is 4.46. The number of thioether (sulfide) groups is 1. The summed E-state index contributed by atoms with van der Waals surface area (Å²) >= 11 is 4.37. The van der Waals surface area contributed by atoms with E-state index >= 15 is 0 Å². The molecule has 0 fully saturated rings. The summed E-state index contributed by atoms with van der Waals surface area (Å²) in [7, 11) is 0. The van der Waals surface area contributed by atoms with Crippen LogP contribution in [-0.2, 0) is 11.2 Å². The molecule has 0 aliphatic carbocycles. The Balaban J connectivity index is 1.57. The van der Waals surface area contributed by atoms with Crippen molar-refractivity contribution < 1.29 is 4.79 Å². The average molecular weight is 408 g/mol. The molecule has 0 spiro atoms. The molecule has 0 unspecified atom stereocenters. The van der Waals surface area contributed by atoms with Crippen molar-refractivity contribution in [2.45, 2.75) is 31.5 Å². The van der Waals surface area contributed by atoms with E-state index in [0.29, 0.717) is 21.9 Å². The fourth-order valence-electron chi connectivity index (χ4n) is 2.09. The molecule has 8 nitrogen and oxygen atoms in total. The lowest BCUT2D eigenvalue weighted by atomic mass is 10.3. The molecule has 0 atom stereocenters. The maximum Gasteiger partial charge on any atom is 0.232 e. The van der Waals surface area contributed by atoms with Crippen molar-refractivity contribution in [2.75, 3.05) is 16.4 Å². The van der Waals surface area contributed by atoms with Crippen molar-refractivity contribution in [3.63, 3.8) is 0 Å². The van der Waals surface area contributed by atoms with Crippen LogP contribution in [0.5, 0.6) is 0 Å². The minimum absolute atomic E-state index is 0.168. The molecule has 0 aromatic carbocycles. The van der Waals surface area contributed by atoms with Gasteiger partial charge in [0, 0.05) is 16.8 Å². The summed E-state index contributed by atoms with van der Waals surface area (Å²) in [6.07, 6.45) is 0.168. The number of thiazole rings is 1. The molecule has 0 aliphatic heterocycles. The van der Waals surface area contributed by atoms with Crippen molar-refractivity contribution in [3.05, 3.63) is 28.5 Å². The van der Waals surface area contributed by atoms with Crippen molar-refractivity contribution >= 4 is 56.6 Å². The zero-order valence-electron chi connectivity index (χ0n) is 14.4. The Hall–Kier alpha value is -2.11. The number of amides is 1. The second-order valence-electron chi connectivity index (χ2n) is 5.27. The minimum Gasteiger partial charge on any atom is -0.300 e. The van der Waals surface area contributed by atoms with Crippen molar-refractivity contribution in [3.8, 4) is 0 Å². The average Bonchev–Trinajstić information content (AvgIpc) is 3.16. The Labute approximate surface area is 162 Å². The van der Waals surface area contributed by atoms with Crippen LogP contribution in [0.25, 0.3) is 0 Å². The van der Waals surface area contributed by atoms with Gasteiger partial charge in [0.05, 0.1) is 12.1 Å². The first-order valence-electron chi connectivity index (χ1n) is 7.81. The molecule has 3 rings (SSSR count). The van der Waals surface area contributed by atoms with E-state index in [1.54, 1.807) is 11.8 Å². The van der Waals surface area contributed by atoms with Crippen molar-refractivity contribution in [1.29, 1.82) is 0 Å². The van der Waals surface area contributed by atoms with E-state index < -0.39 is 0 Å². The van der Waals surface area contributed by atoms with E-state index in [9.17, 15) is 4.79 Å². The minimum atomic E-state index is -0.173. The molecular weight excluding hydrogens is 390 g/mol. The van der Waals surface area contributed by atoms with Crippen LogP contribution in [0.3, 0.4) is 0 Å². The van der Waals surface area contributed by atoms with Gasteiger partial charge in [-0.2, -0.15) is 0 Å². The summed E-state index contributed by atoms with van der Waals surface area (Å²) in [4.78, 5) is 25.2. The lowest BCUT2D eigenvalue weighted by Crippen LogP contribution is -2.14. The molecule has 1 amide bonds. The molecular formula is C15H17N7OS3. The Morgan fingerprint density at radius 2 is 1.92 bits per heavy atom. The standard InChI is InChI=1S/C15H17N7OS3/c1-4-24-15-22-21-14(26-15)19-11(23)6-10-7-25-13(18-10)20-12-16-8(2)5-9(3)17-12/h5,7H,4,6H2,1-3H3,(H,19,21,23)(H,16,17,18,20). The smallest absolute Gasteiger partial charge is 0.232 e. The van der Waals surface area contributed by atoms with Crippen molar-refractivity contribution in [1.82, 2.24) is 25.1 Å². The van der Waals surface area contributed by atoms with Gasteiger partial charge in [-0.3, -0.25) is 4.79 Å². The van der Waals surface area contributed by atoms with Crippen LogP contribution in [0.2, 0.25) is 0 Å². The quantitative estimate of drug-likeness (QED) is 0.453. The third-order valence-corrected chi connectivity index (χ3v) is 5.68. The van der Waals surface area contributed by atoms with Gasteiger partial charge in [0.2, 0.25) is 17.0 Å². The Morgan fingerprint density at radius 3 is 2.65 bits per heavy atom. The zero-order chi connectivity index (χ0) is 18.5. The monoisotopic (exact) mass is 407 g/mol. The highest BCUT2D eigenvalue weighted by molar-refractivity contribution is 8.01. The Morgan fingerprint density at radius 1 is 1.15 bits per heavy atom. The molecule has 0 saturated heterocycles. The summed E-state index contributed by atoms with van der Waals surface area (Å²) in [5.74, 6) is 1.25. The highest BCUT2D eigenvalue weighted by Crippen LogP contribution is 2.25. The number of carbonyl (C=O) groups is 1. The highest BCUT2D eigenvalue weighted by Gasteiger charge is 2.12. The van der Waals surface area contributed by atoms with E-state index in [0.717, 1.165) is 21.5 Å². The molecule has 136 valence electrons. The van der Waals surface area contributed by atoms with Gasteiger partial charge in [-0.1, -0.05) is 30.0 Å². The van der Waals surface area contributed by atoms with Crippen LogP contribution >= 0.6 is 34.4 Å². The number of aryl methyl sites for hydroxylation is 2. The third-order valence-electron chi connectivity index (χ3n) is 3.02. The molecule has 0 radical (unpaired) electrons. The Kier molecular flexibility index (Phi) is 6.12. The predicted molar refractivity (Wildman–Crippen MR) is 106 cm³/mol. The summed E-state index contributed by atoms with van der Waals surface area (Å²) < 4.78 is 0.844. The molecule has 2 N–H and O–H groups in total. The molecule has 11 heteroatoms. The second kappa shape index (κ2) is 8.52. The van der Waals surface area contributed by atoms with Gasteiger partial charge < -0.3 is 10.6 Å². The molecule has 0 aliphatic rings. The van der Waals surface area contributed by atoms with Gasteiger partial charge in [-0.15, -0.1) is 21.5 Å². The second-order valence-corrected chi connectivity index (χ2v) is 8.62. The Bertz CT molecular complexity index is 888. The number of rotatable bonds is 7. The number of aromatic nitrogens is 5. The lowest BCUT2D eigenvalue weighted by molar-refractivity contribution is -0.115. The summed E-state index contributed by atoms with van der Waals surface area (Å²) in [5, 5.41) is 16.8. The first-order valence-corrected chi connectivity index (χ1v) is 10.5. The molecule has 3 aromatic rings. The van der Waals surface area contributed by atoms with Gasteiger partial charge >= 0.3 is 0 Å². The summed E-state index contributed by atoms with van der Waals surface area (Å²) in [5.41, 5.74) is 2.44. The van der Waals surface area contributed by atoms with E-state index in [4.69, 9.17) is 0 Å². The number of hydrogen-bond donors (Lipinski definition) is 2. The lowest BCUT2D eigenvalue weighted by Gasteiger charge is -2.03. The maximum atomic E-state index is 12.1. The summed E-state index contributed by atoms with van der Waals surface area (Å²) in [6.45, 7) is 5.87. The maximum absolute atomic E-state index is 12.1. The third kappa shape index (κ3) is 5.19. The molecule has 0 saturated carbocycles. The summed E-state index contributed by atoms with van der Waals surface area (Å²) in [6, 6.07) is 1.90. The van der Waals surface area contributed by atoms with Gasteiger partial charge in [-0.25, -0.2) is 15.0 Å². The van der Waals surface area contributed by atoms with Crippen LogP contribution in [0.15, 0.2) is 15.8 Å². The number of carbonyl (C=O) groups excluding carboxylic acids is 1. The first kappa shape index (κ1) is 18.7. The van der Waals surface area contributed by atoms with Gasteiger partial charge in [-0.05, 0) is 25.7 Å². The molecule has 26 heavy (non-hydrogen) atoms. The predicted octanol–water partition coefficient (Wildman–Crippen LogP) is 3.44. The number of hydrogen-bond acceptors (Lipinski definition) is 10. The van der Waals surface area contributed by atoms with Gasteiger partial charge in [0.1, 0.15) is 0 Å². The normalized spacial score (nSPS) is 10.7. The van der Waals surface area contributed by atoms with E-state index in [1.165, 1.54) is 22.7 Å². The van der Waals surface area contributed by atoms with Crippen LogP contribution in [0.1, 0.15) is 24.0 Å². The number of nitrogens with zero attached hydrogens (tertiary/aromatic N) is 5. The van der Waals surface area contributed by atoms with Crippen molar-refractivity contribution in [2.24, 2.45) is 0 Å².